The van der Waals surface area contributed by atoms with Gasteiger partial charge in [-0.15, -0.1) is 0 Å². The molecule has 1 saturated heterocycles. The zero-order valence-electron chi connectivity index (χ0n) is 12.8. The van der Waals surface area contributed by atoms with E-state index in [0.717, 1.165) is 25.7 Å². The van der Waals surface area contributed by atoms with Crippen LogP contribution >= 0.6 is 0 Å². The van der Waals surface area contributed by atoms with Crippen LogP contribution in [0.25, 0.3) is 0 Å². The van der Waals surface area contributed by atoms with Gasteiger partial charge in [-0.1, -0.05) is 24.3 Å². The maximum atomic E-state index is 6.18. The topological polar surface area (TPSA) is 32.5 Å². The Hall–Kier alpha value is -0.900. The second kappa shape index (κ2) is 5.47. The molecule has 1 saturated carbocycles. The van der Waals surface area contributed by atoms with Gasteiger partial charge in [0.25, 0.3) is 0 Å². The van der Waals surface area contributed by atoms with E-state index in [1.165, 1.54) is 36.9 Å². The van der Waals surface area contributed by atoms with Crippen LogP contribution in [0.3, 0.4) is 0 Å². The molecule has 3 heteroatoms. The van der Waals surface area contributed by atoms with Gasteiger partial charge in [0.1, 0.15) is 0 Å². The molecule has 0 amide bonds. The van der Waals surface area contributed by atoms with Gasteiger partial charge in [0.05, 0.1) is 0 Å². The summed E-state index contributed by atoms with van der Waals surface area (Å²) in [5.74, 6) is 0. The third-order valence-corrected chi connectivity index (χ3v) is 5.28. The number of aryl methyl sites for hydroxylation is 1. The number of hydrogen-bond donors (Lipinski definition) is 1. The van der Waals surface area contributed by atoms with Gasteiger partial charge in [0, 0.05) is 37.8 Å². The number of nitrogens with zero attached hydrogens (tertiary/aromatic N) is 2. The summed E-state index contributed by atoms with van der Waals surface area (Å²) in [5, 5.41) is 0. The van der Waals surface area contributed by atoms with Crippen molar-refractivity contribution in [2.24, 2.45) is 5.73 Å². The smallest absolute Gasteiger partial charge is 0.0471 e. The van der Waals surface area contributed by atoms with Crippen LogP contribution in [-0.4, -0.2) is 48.1 Å². The molecule has 2 aliphatic rings. The van der Waals surface area contributed by atoms with Gasteiger partial charge in [-0.25, -0.2) is 0 Å². The minimum atomic E-state index is 0.171. The molecule has 2 N–H and O–H groups in total. The Kier molecular flexibility index (Phi) is 3.85. The first kappa shape index (κ1) is 14.1. The summed E-state index contributed by atoms with van der Waals surface area (Å²) in [5.41, 5.74) is 9.15. The molecular formula is C17H27N3. The Balaban J connectivity index is 1.71. The van der Waals surface area contributed by atoms with Crippen molar-refractivity contribution in [1.82, 2.24) is 9.80 Å². The van der Waals surface area contributed by atoms with Crippen LogP contribution < -0.4 is 5.73 Å². The molecule has 0 aromatic heterocycles. The molecule has 1 aliphatic heterocycles. The van der Waals surface area contributed by atoms with Crippen LogP contribution in [0.5, 0.6) is 0 Å². The van der Waals surface area contributed by atoms with Gasteiger partial charge in [-0.2, -0.15) is 0 Å². The quantitative estimate of drug-likeness (QED) is 0.890. The highest BCUT2D eigenvalue weighted by Gasteiger charge is 2.44. The summed E-state index contributed by atoms with van der Waals surface area (Å²) in [6.45, 7) is 6.33. The fourth-order valence-electron chi connectivity index (χ4n) is 3.48. The van der Waals surface area contributed by atoms with Crippen LogP contribution in [0.1, 0.15) is 30.4 Å². The molecule has 3 nitrogen and oxygen atoms in total. The third-order valence-electron chi connectivity index (χ3n) is 5.28. The van der Waals surface area contributed by atoms with Crippen LogP contribution in [0.2, 0.25) is 0 Å². The Labute approximate surface area is 122 Å². The second-order valence-corrected chi connectivity index (χ2v) is 6.66. The lowest BCUT2D eigenvalue weighted by molar-refractivity contribution is 0.120. The van der Waals surface area contributed by atoms with Crippen molar-refractivity contribution in [2.75, 3.05) is 26.7 Å². The average Bonchev–Trinajstić information content (AvgIpc) is 3.21. The molecule has 3 rings (SSSR count). The Bertz CT molecular complexity index is 469. The molecule has 0 bridgehead atoms. The van der Waals surface area contributed by atoms with E-state index < -0.39 is 0 Å². The average molecular weight is 273 g/mol. The number of likely N-dealkylation sites (tertiary alicyclic amines) is 1. The Morgan fingerprint density at radius 1 is 1.35 bits per heavy atom. The van der Waals surface area contributed by atoms with Crippen molar-refractivity contribution < 1.29 is 0 Å². The van der Waals surface area contributed by atoms with Crippen molar-refractivity contribution in [1.29, 1.82) is 0 Å². The van der Waals surface area contributed by atoms with Gasteiger partial charge in [-0.3, -0.25) is 9.80 Å². The van der Waals surface area contributed by atoms with Crippen molar-refractivity contribution in [2.45, 2.75) is 44.3 Å². The van der Waals surface area contributed by atoms with E-state index >= 15 is 0 Å². The predicted molar refractivity (Wildman–Crippen MR) is 83.6 cm³/mol. The van der Waals surface area contributed by atoms with E-state index in [9.17, 15) is 0 Å². The highest BCUT2D eigenvalue weighted by Crippen LogP contribution is 2.35. The number of hydrogen-bond acceptors (Lipinski definition) is 3. The van der Waals surface area contributed by atoms with Crippen LogP contribution in [-0.2, 0) is 6.54 Å². The maximum absolute atomic E-state index is 6.18. The lowest BCUT2D eigenvalue weighted by atomic mass is 9.95. The molecular weight excluding hydrogens is 246 g/mol. The van der Waals surface area contributed by atoms with E-state index in [4.69, 9.17) is 5.73 Å². The largest absolute Gasteiger partial charge is 0.329 e. The van der Waals surface area contributed by atoms with E-state index in [2.05, 4.69) is 48.0 Å². The molecule has 20 heavy (non-hydrogen) atoms. The molecule has 1 atom stereocenters. The van der Waals surface area contributed by atoms with E-state index in [-0.39, 0.29) is 5.54 Å². The summed E-state index contributed by atoms with van der Waals surface area (Å²) in [4.78, 5) is 5.15. The third kappa shape index (κ3) is 2.62. The highest BCUT2D eigenvalue weighted by atomic mass is 15.3. The van der Waals surface area contributed by atoms with Gasteiger partial charge in [0.15, 0.2) is 0 Å². The van der Waals surface area contributed by atoms with Crippen molar-refractivity contribution >= 4 is 0 Å². The molecule has 1 heterocycles. The van der Waals surface area contributed by atoms with E-state index in [1.54, 1.807) is 0 Å². The summed E-state index contributed by atoms with van der Waals surface area (Å²) in [6, 6.07) is 9.54. The van der Waals surface area contributed by atoms with Gasteiger partial charge < -0.3 is 5.73 Å². The minimum Gasteiger partial charge on any atom is -0.329 e. The van der Waals surface area contributed by atoms with Crippen molar-refractivity contribution in [3.63, 3.8) is 0 Å². The first-order valence-electron chi connectivity index (χ1n) is 7.84. The molecule has 2 fully saturated rings. The van der Waals surface area contributed by atoms with Gasteiger partial charge in [-0.05, 0) is 44.4 Å². The summed E-state index contributed by atoms with van der Waals surface area (Å²) in [6.07, 6.45) is 3.99. The Morgan fingerprint density at radius 3 is 2.75 bits per heavy atom. The molecule has 0 radical (unpaired) electrons. The molecule has 110 valence electrons. The zero-order chi connectivity index (χ0) is 14.2. The summed E-state index contributed by atoms with van der Waals surface area (Å²) < 4.78 is 0. The lowest BCUT2D eigenvalue weighted by Crippen LogP contribution is -2.53. The maximum Gasteiger partial charge on any atom is 0.0471 e. The number of likely N-dealkylation sites (N-methyl/N-ethyl adjacent to an activating group) is 1. The summed E-state index contributed by atoms with van der Waals surface area (Å²) in [7, 11) is 2.25. The number of nitrogens with two attached hydrogens (primary N) is 1. The fourth-order valence-corrected chi connectivity index (χ4v) is 3.48. The van der Waals surface area contributed by atoms with E-state index in [0.29, 0.717) is 0 Å². The van der Waals surface area contributed by atoms with Crippen LogP contribution in [0.4, 0.5) is 0 Å². The second-order valence-electron chi connectivity index (χ2n) is 6.66. The normalized spacial score (nSPS) is 27.4. The van der Waals surface area contributed by atoms with Crippen molar-refractivity contribution in [3.05, 3.63) is 35.4 Å². The molecule has 1 unspecified atom stereocenters. The molecule has 1 aliphatic carbocycles. The number of benzene rings is 1. The van der Waals surface area contributed by atoms with Crippen molar-refractivity contribution in [3.8, 4) is 0 Å². The molecule has 1 aromatic carbocycles. The minimum absolute atomic E-state index is 0.171. The standard InChI is InChI=1S/C17H27N3/c1-14-5-3-4-6-15(14)11-19(2)17(12-18)9-10-20(13-17)16-7-8-16/h3-6,16H,7-13,18H2,1-2H3. The van der Waals surface area contributed by atoms with Gasteiger partial charge in [0.2, 0.25) is 0 Å². The van der Waals surface area contributed by atoms with Gasteiger partial charge >= 0.3 is 0 Å². The lowest BCUT2D eigenvalue weighted by Gasteiger charge is -2.38. The molecule has 0 spiro atoms. The predicted octanol–water partition coefficient (Wildman–Crippen LogP) is 1.99. The SMILES string of the molecule is Cc1ccccc1CN(C)C1(CN)CCN(C2CC2)C1. The summed E-state index contributed by atoms with van der Waals surface area (Å²) >= 11 is 0. The highest BCUT2D eigenvalue weighted by molar-refractivity contribution is 5.25. The first-order valence-corrected chi connectivity index (χ1v) is 7.84. The molecule has 1 aromatic rings. The number of rotatable bonds is 5. The monoisotopic (exact) mass is 273 g/mol. The van der Waals surface area contributed by atoms with Crippen LogP contribution in [0.15, 0.2) is 24.3 Å². The van der Waals surface area contributed by atoms with Crippen LogP contribution in [0, 0.1) is 6.92 Å². The zero-order valence-corrected chi connectivity index (χ0v) is 12.8. The fraction of sp³-hybridized carbons (Fsp3) is 0.647. The van der Waals surface area contributed by atoms with E-state index in [1.807, 2.05) is 0 Å². The Morgan fingerprint density at radius 2 is 2.10 bits per heavy atom. The first-order chi connectivity index (χ1) is 9.64.